The van der Waals surface area contributed by atoms with Crippen LogP contribution in [0.3, 0.4) is 0 Å². The second-order valence-electron chi connectivity index (χ2n) is 5.08. The molecule has 0 aliphatic heterocycles. The van der Waals surface area contributed by atoms with Crippen LogP contribution in [-0.4, -0.2) is 26.0 Å². The first-order chi connectivity index (χ1) is 10.3. The van der Waals surface area contributed by atoms with Gasteiger partial charge in [-0.15, -0.1) is 0 Å². The first-order valence-corrected chi connectivity index (χ1v) is 6.62. The van der Waals surface area contributed by atoms with E-state index in [1.807, 2.05) is 32.9 Å². The molecule has 0 atom stereocenters. The third kappa shape index (κ3) is 3.06. The Kier molecular flexibility index (Phi) is 4.12. The standard InChI is InChI=1S/C16H16N2O4/c1-9-6-10(2)16(11(3)7-9)18-14(20)8-13(19)12(17-18)4-5-15(21)22/h4-8,19H,1-3H3,(H,21,22)/b5-4+. The van der Waals surface area contributed by atoms with E-state index in [0.29, 0.717) is 5.69 Å². The van der Waals surface area contributed by atoms with Gasteiger partial charge in [-0.05, 0) is 38.0 Å². The van der Waals surface area contributed by atoms with Gasteiger partial charge in [0, 0.05) is 12.1 Å². The summed E-state index contributed by atoms with van der Waals surface area (Å²) in [6, 6.07) is 4.87. The average molecular weight is 300 g/mol. The zero-order valence-corrected chi connectivity index (χ0v) is 12.5. The normalized spacial score (nSPS) is 11.0. The fourth-order valence-electron chi connectivity index (χ4n) is 2.40. The molecule has 0 saturated heterocycles. The van der Waals surface area contributed by atoms with E-state index in [1.54, 1.807) is 0 Å². The summed E-state index contributed by atoms with van der Waals surface area (Å²) in [4.78, 5) is 22.7. The van der Waals surface area contributed by atoms with E-state index >= 15 is 0 Å². The van der Waals surface area contributed by atoms with Crippen molar-refractivity contribution in [2.24, 2.45) is 0 Å². The Labute approximate surface area is 127 Å². The van der Waals surface area contributed by atoms with E-state index in [9.17, 15) is 14.7 Å². The molecule has 114 valence electrons. The molecule has 0 unspecified atom stereocenters. The van der Waals surface area contributed by atoms with E-state index < -0.39 is 11.5 Å². The number of aryl methyl sites for hydroxylation is 3. The summed E-state index contributed by atoms with van der Waals surface area (Å²) in [7, 11) is 0. The highest BCUT2D eigenvalue weighted by molar-refractivity contribution is 5.85. The molecule has 0 bridgehead atoms. The summed E-state index contributed by atoms with van der Waals surface area (Å²) < 4.78 is 1.17. The van der Waals surface area contributed by atoms with Gasteiger partial charge in [-0.1, -0.05) is 17.7 Å². The molecular weight excluding hydrogens is 284 g/mol. The number of hydrogen-bond donors (Lipinski definition) is 2. The summed E-state index contributed by atoms with van der Waals surface area (Å²) in [6.45, 7) is 5.68. The smallest absolute Gasteiger partial charge is 0.328 e. The number of rotatable bonds is 3. The fourth-order valence-corrected chi connectivity index (χ4v) is 2.40. The molecule has 2 N–H and O–H groups in total. The Morgan fingerprint density at radius 3 is 2.32 bits per heavy atom. The van der Waals surface area contributed by atoms with Crippen molar-refractivity contribution in [3.05, 3.63) is 57.0 Å². The lowest BCUT2D eigenvalue weighted by atomic mass is 10.1. The molecule has 0 saturated carbocycles. The number of benzene rings is 1. The predicted octanol–water partition coefficient (Wildman–Crippen LogP) is 1.96. The van der Waals surface area contributed by atoms with Crippen LogP contribution in [0.15, 0.2) is 29.1 Å². The van der Waals surface area contributed by atoms with Gasteiger partial charge in [0.15, 0.2) is 0 Å². The van der Waals surface area contributed by atoms with Crippen LogP contribution in [0.1, 0.15) is 22.4 Å². The van der Waals surface area contributed by atoms with Crippen LogP contribution in [0.5, 0.6) is 5.75 Å². The van der Waals surface area contributed by atoms with Crippen LogP contribution < -0.4 is 5.56 Å². The number of hydrogen-bond acceptors (Lipinski definition) is 4. The molecule has 22 heavy (non-hydrogen) atoms. The number of aliphatic carboxylic acids is 1. The fraction of sp³-hybridized carbons (Fsp3) is 0.188. The van der Waals surface area contributed by atoms with E-state index in [0.717, 1.165) is 34.9 Å². The molecule has 0 spiro atoms. The van der Waals surface area contributed by atoms with Gasteiger partial charge in [-0.2, -0.15) is 9.78 Å². The first-order valence-electron chi connectivity index (χ1n) is 6.62. The summed E-state index contributed by atoms with van der Waals surface area (Å²) in [5, 5.41) is 22.5. The summed E-state index contributed by atoms with van der Waals surface area (Å²) in [5.41, 5.74) is 2.95. The van der Waals surface area contributed by atoms with Gasteiger partial charge < -0.3 is 10.2 Å². The maximum Gasteiger partial charge on any atom is 0.328 e. The molecule has 0 amide bonds. The second-order valence-corrected chi connectivity index (χ2v) is 5.08. The lowest BCUT2D eigenvalue weighted by molar-refractivity contribution is -0.131. The lowest BCUT2D eigenvalue weighted by Crippen LogP contribution is -2.22. The van der Waals surface area contributed by atoms with Crippen LogP contribution >= 0.6 is 0 Å². The lowest BCUT2D eigenvalue weighted by Gasteiger charge is -2.13. The predicted molar refractivity (Wildman–Crippen MR) is 82.4 cm³/mol. The largest absolute Gasteiger partial charge is 0.505 e. The maximum absolute atomic E-state index is 12.1. The Morgan fingerprint density at radius 2 is 1.77 bits per heavy atom. The van der Waals surface area contributed by atoms with Gasteiger partial charge >= 0.3 is 5.97 Å². The van der Waals surface area contributed by atoms with Crippen LogP contribution in [0.2, 0.25) is 0 Å². The van der Waals surface area contributed by atoms with E-state index in [4.69, 9.17) is 5.11 Å². The van der Waals surface area contributed by atoms with Gasteiger partial charge in [0.05, 0.1) is 5.69 Å². The molecular formula is C16H16N2O4. The Bertz CT molecular complexity index is 812. The molecule has 6 heteroatoms. The third-order valence-electron chi connectivity index (χ3n) is 3.17. The molecule has 0 radical (unpaired) electrons. The van der Waals surface area contributed by atoms with E-state index in [-0.39, 0.29) is 11.4 Å². The minimum Gasteiger partial charge on any atom is -0.505 e. The minimum atomic E-state index is -1.17. The summed E-state index contributed by atoms with van der Waals surface area (Å²) in [6.07, 6.45) is 2.00. The van der Waals surface area contributed by atoms with Crippen molar-refractivity contribution >= 4 is 12.0 Å². The van der Waals surface area contributed by atoms with E-state index in [1.165, 1.54) is 4.68 Å². The van der Waals surface area contributed by atoms with Gasteiger partial charge in [0.25, 0.3) is 5.56 Å². The quantitative estimate of drug-likeness (QED) is 0.845. The molecule has 1 aromatic heterocycles. The third-order valence-corrected chi connectivity index (χ3v) is 3.17. The van der Waals surface area contributed by atoms with Crippen LogP contribution in [0, 0.1) is 20.8 Å². The van der Waals surface area contributed by atoms with Gasteiger partial charge in [-0.3, -0.25) is 4.79 Å². The number of aromatic nitrogens is 2. The van der Waals surface area contributed by atoms with Crippen molar-refractivity contribution in [1.29, 1.82) is 0 Å². The monoisotopic (exact) mass is 300 g/mol. The zero-order chi connectivity index (χ0) is 16.4. The number of carbonyl (C=O) groups is 1. The number of nitrogens with zero attached hydrogens (tertiary/aromatic N) is 2. The van der Waals surface area contributed by atoms with Gasteiger partial charge in [-0.25, -0.2) is 4.79 Å². The number of aromatic hydroxyl groups is 1. The zero-order valence-electron chi connectivity index (χ0n) is 12.5. The van der Waals surface area contributed by atoms with Crippen molar-refractivity contribution < 1.29 is 15.0 Å². The molecule has 6 nitrogen and oxygen atoms in total. The second kappa shape index (κ2) is 5.85. The maximum atomic E-state index is 12.1. The molecule has 1 aromatic carbocycles. The summed E-state index contributed by atoms with van der Waals surface area (Å²) in [5.74, 6) is -1.53. The van der Waals surface area contributed by atoms with Crippen molar-refractivity contribution in [3.8, 4) is 11.4 Å². The van der Waals surface area contributed by atoms with E-state index in [2.05, 4.69) is 5.10 Å². The van der Waals surface area contributed by atoms with Crippen LogP contribution in [0.4, 0.5) is 0 Å². The molecule has 0 aliphatic carbocycles. The van der Waals surface area contributed by atoms with Gasteiger partial charge in [0.2, 0.25) is 0 Å². The van der Waals surface area contributed by atoms with Crippen molar-refractivity contribution in [2.75, 3.05) is 0 Å². The average Bonchev–Trinajstić information content (AvgIpc) is 2.38. The Hall–Kier alpha value is -2.89. The van der Waals surface area contributed by atoms with Crippen LogP contribution in [0.25, 0.3) is 11.8 Å². The molecule has 1 heterocycles. The van der Waals surface area contributed by atoms with Crippen LogP contribution in [-0.2, 0) is 4.79 Å². The molecule has 2 aromatic rings. The SMILES string of the molecule is Cc1cc(C)c(-n2nc(/C=C/C(=O)O)c(O)cc2=O)c(C)c1. The Balaban J connectivity index is 2.69. The number of carboxylic acid groups (broad SMARTS) is 1. The van der Waals surface area contributed by atoms with Crippen molar-refractivity contribution in [1.82, 2.24) is 9.78 Å². The molecule has 0 aliphatic rings. The minimum absolute atomic E-state index is 0.0152. The summed E-state index contributed by atoms with van der Waals surface area (Å²) >= 11 is 0. The Morgan fingerprint density at radius 1 is 1.18 bits per heavy atom. The van der Waals surface area contributed by atoms with Gasteiger partial charge in [0.1, 0.15) is 11.4 Å². The topological polar surface area (TPSA) is 92.4 Å². The molecule has 0 fully saturated rings. The highest BCUT2D eigenvalue weighted by Crippen LogP contribution is 2.20. The highest BCUT2D eigenvalue weighted by atomic mass is 16.4. The highest BCUT2D eigenvalue weighted by Gasteiger charge is 2.12. The molecule has 2 rings (SSSR count). The van der Waals surface area contributed by atoms with Crippen molar-refractivity contribution in [2.45, 2.75) is 20.8 Å². The first kappa shape index (κ1) is 15.5. The number of carboxylic acids is 1. The van der Waals surface area contributed by atoms with Crippen molar-refractivity contribution in [3.63, 3.8) is 0 Å².